The number of hydrogen-bond acceptors (Lipinski definition) is 2. The van der Waals surface area contributed by atoms with Gasteiger partial charge in [-0.1, -0.05) is 12.1 Å². The zero-order chi connectivity index (χ0) is 13.5. The molecule has 1 rings (SSSR count). The van der Waals surface area contributed by atoms with E-state index in [0.717, 1.165) is 5.56 Å². The Balaban J connectivity index is 0.00000121. The predicted molar refractivity (Wildman–Crippen MR) is 69.7 cm³/mol. The van der Waals surface area contributed by atoms with E-state index in [2.05, 4.69) is 25.9 Å². The summed E-state index contributed by atoms with van der Waals surface area (Å²) in [7, 11) is 0. The van der Waals surface area contributed by atoms with Crippen LogP contribution < -0.4 is 5.32 Å². The van der Waals surface area contributed by atoms with Crippen molar-refractivity contribution in [3.63, 3.8) is 0 Å². The fraction of sp³-hybridized carbons (Fsp3) is 0.333. The van der Waals surface area contributed by atoms with Gasteiger partial charge in [0.25, 0.3) is 0 Å². The van der Waals surface area contributed by atoms with Gasteiger partial charge in [-0.2, -0.15) is 24.6 Å². The molecule has 0 spiro atoms. The molecule has 1 N–H and O–H groups in total. The van der Waals surface area contributed by atoms with Gasteiger partial charge in [0.15, 0.2) is 0 Å². The summed E-state index contributed by atoms with van der Waals surface area (Å²) in [6.07, 6.45) is -0.445. The van der Waals surface area contributed by atoms with Crippen molar-refractivity contribution in [1.82, 2.24) is 0 Å². The Kier molecular flexibility index (Phi) is 7.48. The third-order valence-electron chi connectivity index (χ3n) is 1.60. The van der Waals surface area contributed by atoms with E-state index in [9.17, 15) is 4.79 Å². The second-order valence-corrected chi connectivity index (χ2v) is 4.32. The fourth-order valence-electron chi connectivity index (χ4n) is 1.01. The van der Waals surface area contributed by atoms with Gasteiger partial charge in [0.2, 0.25) is 0 Å². The molecule has 90 valence electrons. The van der Waals surface area contributed by atoms with E-state index < -0.39 is 11.7 Å². The number of carbonyl (C=O) groups is 1. The minimum atomic E-state index is -0.476. The molecule has 5 heteroatoms. The molecule has 0 saturated heterocycles. The molecule has 0 aliphatic heterocycles. The second kappa shape index (κ2) is 7.72. The van der Waals surface area contributed by atoms with E-state index >= 15 is 0 Å². The maximum absolute atomic E-state index is 11.4. The first kappa shape index (κ1) is 16.5. The molecule has 1 aromatic carbocycles. The van der Waals surface area contributed by atoms with E-state index in [1.54, 1.807) is 12.1 Å². The van der Waals surface area contributed by atoms with Crippen LogP contribution >= 0.6 is 13.6 Å². The SMILES string of the molecule is [CH2-]c1ccc(NC(=O)OC(C)(C)C)cc1.[Zn+][Br]. The van der Waals surface area contributed by atoms with Gasteiger partial charge in [0.1, 0.15) is 5.60 Å². The zero-order valence-corrected chi connectivity index (χ0v) is 15.0. The molecule has 0 unspecified atom stereocenters. The number of hydrogen-bond donors (Lipinski definition) is 1. The van der Waals surface area contributed by atoms with Crippen molar-refractivity contribution in [1.29, 1.82) is 0 Å². The van der Waals surface area contributed by atoms with Gasteiger partial charge in [0, 0.05) is 5.69 Å². The molecular weight excluding hydrogens is 335 g/mol. The van der Waals surface area contributed by atoms with Crippen molar-refractivity contribution in [2.45, 2.75) is 26.4 Å². The van der Waals surface area contributed by atoms with Gasteiger partial charge in [-0.15, -0.1) is 0 Å². The van der Waals surface area contributed by atoms with Crippen LogP contribution in [-0.4, -0.2) is 11.7 Å². The van der Waals surface area contributed by atoms with Crippen molar-refractivity contribution in [2.24, 2.45) is 0 Å². The topological polar surface area (TPSA) is 38.3 Å². The Morgan fingerprint density at radius 2 is 1.76 bits per heavy atom. The second-order valence-electron chi connectivity index (χ2n) is 4.32. The van der Waals surface area contributed by atoms with Crippen LogP contribution in [0.1, 0.15) is 26.3 Å². The standard InChI is InChI=1S/C12H16NO2.BrH.Zn/c1-9-5-7-10(8-6-9)13-11(14)15-12(2,3)4;;/h5-8H,1H2,2-4H3,(H,13,14);1H;/q-1;;+2/p-1. The molecule has 1 amide bonds. The van der Waals surface area contributed by atoms with E-state index in [1.807, 2.05) is 32.9 Å². The summed E-state index contributed by atoms with van der Waals surface area (Å²) in [6.45, 7) is 9.23. The van der Waals surface area contributed by atoms with E-state index in [1.165, 1.54) is 16.3 Å². The summed E-state index contributed by atoms with van der Waals surface area (Å²) in [5.41, 5.74) is 1.14. The van der Waals surface area contributed by atoms with Crippen molar-refractivity contribution >= 4 is 25.4 Å². The van der Waals surface area contributed by atoms with Crippen LogP contribution in [0.15, 0.2) is 24.3 Å². The molecule has 0 saturated carbocycles. The Labute approximate surface area is 119 Å². The molecule has 3 nitrogen and oxygen atoms in total. The van der Waals surface area contributed by atoms with Crippen LogP contribution in [0.4, 0.5) is 10.5 Å². The van der Waals surface area contributed by atoms with Crippen LogP contribution in [-0.2, 0) is 21.1 Å². The molecule has 17 heavy (non-hydrogen) atoms. The number of amides is 1. The summed E-state index contributed by atoms with van der Waals surface area (Å²) in [5.74, 6) is 0. The van der Waals surface area contributed by atoms with Gasteiger partial charge in [-0.05, 0) is 20.8 Å². The predicted octanol–water partition coefficient (Wildman–Crippen LogP) is 4.06. The monoisotopic (exact) mass is 349 g/mol. The summed E-state index contributed by atoms with van der Waals surface area (Å²) in [5, 5.41) is 2.64. The van der Waals surface area contributed by atoms with Crippen molar-refractivity contribution in [3.05, 3.63) is 36.8 Å². The zero-order valence-electron chi connectivity index (χ0n) is 10.4. The number of carbonyl (C=O) groups excluding carboxylic acids is 1. The average molecular weight is 352 g/mol. The van der Waals surface area contributed by atoms with Crippen LogP contribution in [0.2, 0.25) is 0 Å². The molecule has 0 atom stereocenters. The number of rotatable bonds is 1. The van der Waals surface area contributed by atoms with Crippen molar-refractivity contribution < 1.29 is 25.9 Å². The van der Waals surface area contributed by atoms with Crippen molar-refractivity contribution in [3.8, 4) is 0 Å². The molecule has 0 radical (unpaired) electrons. The molecule has 1 aromatic rings. The Hall–Kier alpha value is -0.537. The average Bonchev–Trinajstić information content (AvgIpc) is 2.22. The Morgan fingerprint density at radius 1 is 1.29 bits per heavy atom. The van der Waals surface area contributed by atoms with Gasteiger partial charge in [0.05, 0.1) is 0 Å². The normalized spacial score (nSPS) is 10.0. The van der Waals surface area contributed by atoms with Gasteiger partial charge >= 0.3 is 36.1 Å². The van der Waals surface area contributed by atoms with Crippen LogP contribution in [0, 0.1) is 6.92 Å². The molecule has 0 heterocycles. The molecular formula is C12H16BrNO2Zn. The van der Waals surface area contributed by atoms with E-state index in [0.29, 0.717) is 5.69 Å². The van der Waals surface area contributed by atoms with Crippen LogP contribution in [0.5, 0.6) is 0 Å². The summed E-state index contributed by atoms with van der Waals surface area (Å²) < 4.78 is 5.11. The Bertz CT molecular complexity index is 347. The first-order chi connectivity index (χ1) is 7.87. The van der Waals surface area contributed by atoms with E-state index in [4.69, 9.17) is 4.74 Å². The molecule has 0 aliphatic rings. The van der Waals surface area contributed by atoms with Crippen molar-refractivity contribution in [2.75, 3.05) is 5.32 Å². The van der Waals surface area contributed by atoms with E-state index in [-0.39, 0.29) is 0 Å². The van der Waals surface area contributed by atoms with Gasteiger partial charge < -0.3 is 4.74 Å². The number of benzene rings is 1. The minimum absolute atomic E-state index is 0.445. The first-order valence-electron chi connectivity index (χ1n) is 5.05. The fourth-order valence-corrected chi connectivity index (χ4v) is 1.01. The summed E-state index contributed by atoms with van der Waals surface area (Å²) in [6, 6.07) is 7.22. The number of ether oxygens (including phenoxy) is 1. The van der Waals surface area contributed by atoms with Crippen LogP contribution in [0.3, 0.4) is 0 Å². The summed E-state index contributed by atoms with van der Waals surface area (Å²) in [4.78, 5) is 11.4. The molecule has 0 aliphatic carbocycles. The third kappa shape index (κ3) is 8.22. The number of nitrogens with one attached hydrogen (secondary N) is 1. The number of halogens is 1. The third-order valence-corrected chi connectivity index (χ3v) is 1.60. The Morgan fingerprint density at radius 3 is 2.18 bits per heavy atom. The maximum atomic E-state index is 11.4. The molecule has 0 fully saturated rings. The van der Waals surface area contributed by atoms with Crippen LogP contribution in [0.25, 0.3) is 0 Å². The summed E-state index contributed by atoms with van der Waals surface area (Å²) >= 11 is 4.25. The molecule has 0 bridgehead atoms. The van der Waals surface area contributed by atoms with Gasteiger partial charge in [-0.3, -0.25) is 5.32 Å². The first-order valence-corrected chi connectivity index (χ1v) is 12.0. The quantitative estimate of drug-likeness (QED) is 0.612. The van der Waals surface area contributed by atoms with Gasteiger partial charge in [-0.25, -0.2) is 4.79 Å². The number of anilines is 1. The molecule has 0 aromatic heterocycles.